The van der Waals surface area contributed by atoms with Crippen LogP contribution in [0.1, 0.15) is 19.8 Å². The lowest BCUT2D eigenvalue weighted by atomic mass is 9.84. The van der Waals surface area contributed by atoms with E-state index in [2.05, 4.69) is 6.92 Å². The molecule has 0 atom stereocenters. The van der Waals surface area contributed by atoms with Crippen molar-refractivity contribution in [2.45, 2.75) is 25.9 Å². The van der Waals surface area contributed by atoms with Gasteiger partial charge in [0, 0.05) is 0 Å². The molecule has 0 spiro atoms. The highest BCUT2D eigenvalue weighted by Gasteiger charge is 2.25. The number of rotatable bonds is 3. The van der Waals surface area contributed by atoms with Crippen molar-refractivity contribution in [3.05, 3.63) is 0 Å². The van der Waals surface area contributed by atoms with Gasteiger partial charge in [-0.25, -0.2) is 0 Å². The molecule has 1 aliphatic carbocycles. The van der Waals surface area contributed by atoms with Crippen LogP contribution in [-0.4, -0.2) is 19.0 Å². The second kappa shape index (κ2) is 2.97. The van der Waals surface area contributed by atoms with Crippen LogP contribution in [0.5, 0.6) is 0 Å². The summed E-state index contributed by atoms with van der Waals surface area (Å²) in [6.45, 7) is 2.47. The van der Waals surface area contributed by atoms with Crippen LogP contribution >= 0.6 is 0 Å². The first-order chi connectivity index (χ1) is 4.33. The fourth-order valence-electron chi connectivity index (χ4n) is 1.14. The summed E-state index contributed by atoms with van der Waals surface area (Å²) in [6, 6.07) is 0. The Morgan fingerprint density at radius 2 is 2.33 bits per heavy atom. The molecular weight excluding hydrogens is 116 g/mol. The van der Waals surface area contributed by atoms with Gasteiger partial charge in [-0.2, -0.15) is 0 Å². The highest BCUT2D eigenvalue weighted by Crippen LogP contribution is 2.28. The number of carbonyl (C=O) groups is 1. The summed E-state index contributed by atoms with van der Waals surface area (Å²) in [7, 11) is 0. The molecular formula is C7H12O2. The molecule has 0 unspecified atom stereocenters. The van der Waals surface area contributed by atoms with Crippen LogP contribution < -0.4 is 0 Å². The molecule has 2 nitrogen and oxygen atoms in total. The quantitative estimate of drug-likeness (QED) is 0.530. The molecule has 0 aromatic heterocycles. The van der Waals surface area contributed by atoms with Crippen LogP contribution in [0.15, 0.2) is 0 Å². The van der Waals surface area contributed by atoms with E-state index in [1.165, 1.54) is 0 Å². The summed E-state index contributed by atoms with van der Waals surface area (Å²) in [4.78, 5) is 9.81. The molecule has 0 amide bonds. The Hall–Kier alpha value is -0.370. The smallest absolute Gasteiger partial charge is 0.145 e. The van der Waals surface area contributed by atoms with Crippen LogP contribution in [0.4, 0.5) is 0 Å². The zero-order valence-electron chi connectivity index (χ0n) is 5.67. The average molecular weight is 128 g/mol. The van der Waals surface area contributed by atoms with Crippen LogP contribution in [0.25, 0.3) is 0 Å². The third-order valence-electron chi connectivity index (χ3n) is 1.73. The summed E-state index contributed by atoms with van der Waals surface area (Å²) >= 11 is 0. The average Bonchev–Trinajstić information content (AvgIpc) is 1.78. The first kappa shape index (κ1) is 6.75. The Morgan fingerprint density at radius 3 is 2.78 bits per heavy atom. The molecule has 0 aromatic carbocycles. The first-order valence-corrected chi connectivity index (χ1v) is 3.38. The molecule has 0 saturated heterocycles. The lowest BCUT2D eigenvalue weighted by Crippen LogP contribution is -2.29. The molecule has 0 N–H and O–H groups in total. The summed E-state index contributed by atoms with van der Waals surface area (Å²) < 4.78 is 5.13. The summed E-state index contributed by atoms with van der Waals surface area (Å²) in [5.41, 5.74) is 0. The van der Waals surface area contributed by atoms with Gasteiger partial charge in [0.1, 0.15) is 12.9 Å². The van der Waals surface area contributed by atoms with Gasteiger partial charge in [0.25, 0.3) is 0 Å². The molecule has 52 valence electrons. The molecule has 9 heavy (non-hydrogen) atoms. The maximum absolute atomic E-state index is 9.81. The minimum absolute atomic E-state index is 0.275. The third kappa shape index (κ3) is 1.79. The minimum Gasteiger partial charge on any atom is -0.371 e. The lowest BCUT2D eigenvalue weighted by molar-refractivity contribution is -0.116. The van der Waals surface area contributed by atoms with E-state index in [-0.39, 0.29) is 6.61 Å². The predicted octanol–water partition coefficient (Wildman–Crippen LogP) is 1.00. The van der Waals surface area contributed by atoms with Gasteiger partial charge in [0.15, 0.2) is 0 Å². The Bertz CT molecular complexity index is 95.1. The zero-order valence-corrected chi connectivity index (χ0v) is 5.67. The second-order valence-electron chi connectivity index (χ2n) is 2.70. The highest BCUT2D eigenvalue weighted by atomic mass is 16.5. The summed E-state index contributed by atoms with van der Waals surface area (Å²) in [6.07, 6.45) is 3.45. The van der Waals surface area contributed by atoms with Gasteiger partial charge in [0.05, 0.1) is 6.10 Å². The number of hydrogen-bond acceptors (Lipinski definition) is 2. The lowest BCUT2D eigenvalue weighted by Gasteiger charge is -2.31. The SMILES string of the molecule is C[C@H]1C[C@@H](OCC=O)C1. The highest BCUT2D eigenvalue weighted by molar-refractivity contribution is 5.50. The van der Waals surface area contributed by atoms with Crippen molar-refractivity contribution < 1.29 is 9.53 Å². The van der Waals surface area contributed by atoms with Crippen LogP contribution in [0, 0.1) is 5.92 Å². The van der Waals surface area contributed by atoms with E-state index in [4.69, 9.17) is 4.74 Å². The fraction of sp³-hybridized carbons (Fsp3) is 0.857. The molecule has 0 radical (unpaired) electrons. The fourth-order valence-corrected chi connectivity index (χ4v) is 1.14. The Morgan fingerprint density at radius 1 is 1.67 bits per heavy atom. The van der Waals surface area contributed by atoms with E-state index in [0.717, 1.165) is 25.0 Å². The Balaban J connectivity index is 1.97. The van der Waals surface area contributed by atoms with E-state index < -0.39 is 0 Å². The van der Waals surface area contributed by atoms with E-state index in [1.807, 2.05) is 0 Å². The van der Waals surface area contributed by atoms with Crippen molar-refractivity contribution in [2.24, 2.45) is 5.92 Å². The van der Waals surface area contributed by atoms with Gasteiger partial charge in [-0.05, 0) is 18.8 Å². The normalized spacial score (nSPS) is 33.4. The molecule has 1 aliphatic rings. The van der Waals surface area contributed by atoms with Crippen molar-refractivity contribution in [1.29, 1.82) is 0 Å². The first-order valence-electron chi connectivity index (χ1n) is 3.38. The summed E-state index contributed by atoms with van der Waals surface area (Å²) in [5, 5.41) is 0. The van der Waals surface area contributed by atoms with Crippen molar-refractivity contribution in [2.75, 3.05) is 6.61 Å². The van der Waals surface area contributed by atoms with E-state index >= 15 is 0 Å². The molecule has 0 heterocycles. The molecule has 0 aromatic rings. The van der Waals surface area contributed by atoms with Gasteiger partial charge >= 0.3 is 0 Å². The van der Waals surface area contributed by atoms with Crippen molar-refractivity contribution in [3.63, 3.8) is 0 Å². The molecule has 0 aliphatic heterocycles. The third-order valence-corrected chi connectivity index (χ3v) is 1.73. The van der Waals surface area contributed by atoms with E-state index in [1.54, 1.807) is 0 Å². The standard InChI is InChI=1S/C7H12O2/c1-6-4-7(5-6)9-3-2-8/h2,6-7H,3-5H2,1H3/t6-,7+. The number of carbonyl (C=O) groups excluding carboxylic acids is 1. The molecule has 0 bridgehead atoms. The second-order valence-corrected chi connectivity index (χ2v) is 2.70. The van der Waals surface area contributed by atoms with Crippen LogP contribution in [0.3, 0.4) is 0 Å². The topological polar surface area (TPSA) is 26.3 Å². The van der Waals surface area contributed by atoms with E-state index in [9.17, 15) is 4.79 Å². The van der Waals surface area contributed by atoms with Crippen LogP contribution in [0.2, 0.25) is 0 Å². The van der Waals surface area contributed by atoms with Gasteiger partial charge in [-0.15, -0.1) is 0 Å². The Labute approximate surface area is 55.2 Å². The van der Waals surface area contributed by atoms with Gasteiger partial charge in [0.2, 0.25) is 0 Å². The molecule has 1 saturated carbocycles. The van der Waals surface area contributed by atoms with Gasteiger partial charge in [-0.3, -0.25) is 0 Å². The maximum atomic E-state index is 9.81. The van der Waals surface area contributed by atoms with Crippen molar-refractivity contribution >= 4 is 6.29 Å². The van der Waals surface area contributed by atoms with Crippen molar-refractivity contribution in [1.82, 2.24) is 0 Å². The number of hydrogen-bond donors (Lipinski definition) is 0. The monoisotopic (exact) mass is 128 g/mol. The zero-order chi connectivity index (χ0) is 6.69. The summed E-state index contributed by atoms with van der Waals surface area (Å²) in [5.74, 6) is 0.807. The maximum Gasteiger partial charge on any atom is 0.145 e. The predicted molar refractivity (Wildman–Crippen MR) is 34.2 cm³/mol. The molecule has 2 heteroatoms. The molecule has 1 rings (SSSR count). The molecule has 1 fully saturated rings. The number of ether oxygens (including phenoxy) is 1. The van der Waals surface area contributed by atoms with Gasteiger partial charge < -0.3 is 9.53 Å². The van der Waals surface area contributed by atoms with Gasteiger partial charge in [-0.1, -0.05) is 6.92 Å². The van der Waals surface area contributed by atoms with Crippen molar-refractivity contribution in [3.8, 4) is 0 Å². The van der Waals surface area contributed by atoms with E-state index in [0.29, 0.717) is 6.10 Å². The largest absolute Gasteiger partial charge is 0.371 e. The Kier molecular flexibility index (Phi) is 2.22. The number of aldehydes is 1. The van der Waals surface area contributed by atoms with Crippen LogP contribution in [-0.2, 0) is 9.53 Å². The minimum atomic E-state index is 0.275.